The van der Waals surface area contributed by atoms with Crippen LogP contribution in [0.2, 0.25) is 0 Å². The number of phenols is 2. The van der Waals surface area contributed by atoms with Crippen molar-refractivity contribution in [3.63, 3.8) is 0 Å². The van der Waals surface area contributed by atoms with E-state index in [0.29, 0.717) is 18.5 Å². The highest BCUT2D eigenvalue weighted by atomic mass is 32.2. The van der Waals surface area contributed by atoms with Crippen LogP contribution < -0.4 is 15.4 Å². The summed E-state index contributed by atoms with van der Waals surface area (Å²) in [5.74, 6) is -0.120. The van der Waals surface area contributed by atoms with E-state index in [-0.39, 0.29) is 36.1 Å². The molecule has 0 heterocycles. The van der Waals surface area contributed by atoms with Gasteiger partial charge < -0.3 is 26.0 Å². The molecule has 0 saturated carbocycles. The van der Waals surface area contributed by atoms with Gasteiger partial charge in [0.1, 0.15) is 11.5 Å². The number of sulfonamides is 1. The van der Waals surface area contributed by atoms with Crippen LogP contribution in [0.1, 0.15) is 42.2 Å². The van der Waals surface area contributed by atoms with Crippen LogP contribution in [0.15, 0.2) is 91.0 Å². The molecular weight excluding hydrogens is 578 g/mol. The van der Waals surface area contributed by atoms with Crippen molar-refractivity contribution < 1.29 is 28.5 Å². The molecule has 232 valence electrons. The summed E-state index contributed by atoms with van der Waals surface area (Å²) in [5, 5.41) is 36.8. The van der Waals surface area contributed by atoms with Crippen molar-refractivity contribution in [1.29, 1.82) is 0 Å². The summed E-state index contributed by atoms with van der Waals surface area (Å²) in [6.45, 7) is 4.61. The molecule has 4 aromatic carbocycles. The minimum Gasteiger partial charge on any atom is -0.508 e. The zero-order valence-corrected chi connectivity index (χ0v) is 25.9. The number of anilines is 1. The SMILES string of the molecule is CC(C)(Cc1cccc(CC(=O)NCc2cccc(-c3cccc(O)c3)c2)c1)NC[C@H](O)c1ccc(O)c(NS(C)(=O)=O)c1. The Morgan fingerprint density at radius 1 is 0.841 bits per heavy atom. The second kappa shape index (κ2) is 13.9. The molecule has 0 radical (unpaired) electrons. The molecule has 0 aliphatic carbocycles. The molecule has 6 N–H and O–H groups in total. The fourth-order valence-corrected chi connectivity index (χ4v) is 5.51. The molecule has 4 rings (SSSR count). The van der Waals surface area contributed by atoms with Gasteiger partial charge in [-0.1, -0.05) is 60.7 Å². The van der Waals surface area contributed by atoms with Crippen molar-refractivity contribution in [2.24, 2.45) is 0 Å². The smallest absolute Gasteiger partial charge is 0.229 e. The Bertz CT molecular complexity index is 1720. The van der Waals surface area contributed by atoms with Crippen LogP contribution in [0.25, 0.3) is 11.1 Å². The molecule has 4 aromatic rings. The first kappa shape index (κ1) is 32.5. The molecule has 0 aromatic heterocycles. The first-order valence-corrected chi connectivity index (χ1v) is 16.1. The second-order valence-electron chi connectivity index (χ2n) is 11.6. The fraction of sp³-hybridized carbons (Fsp3) is 0.265. The lowest BCUT2D eigenvalue weighted by atomic mass is 9.93. The fourth-order valence-electron chi connectivity index (χ4n) is 4.95. The average molecular weight is 618 g/mol. The topological polar surface area (TPSA) is 148 Å². The minimum absolute atomic E-state index is 0.00557. The molecule has 10 heteroatoms. The summed E-state index contributed by atoms with van der Waals surface area (Å²) >= 11 is 0. The standard InChI is InChI=1S/C34H39N3O6S/c1-34(2,36-22-32(40)28-13-14-31(39)30(19-28)37-44(3,42)43)20-24-8-4-7-23(15-24)17-33(41)35-21-25-9-5-10-26(16-25)27-11-6-12-29(38)18-27/h4-16,18-19,32,36-40H,17,20-22H2,1-3H3,(H,35,41)/t32-/m0/s1. The summed E-state index contributed by atoms with van der Waals surface area (Å²) < 4.78 is 25.4. The monoisotopic (exact) mass is 617 g/mol. The number of hydrogen-bond acceptors (Lipinski definition) is 7. The maximum Gasteiger partial charge on any atom is 0.229 e. The predicted molar refractivity (Wildman–Crippen MR) is 173 cm³/mol. The third-order valence-corrected chi connectivity index (χ3v) is 7.66. The van der Waals surface area contributed by atoms with Gasteiger partial charge in [-0.05, 0) is 84.0 Å². The average Bonchev–Trinajstić information content (AvgIpc) is 2.95. The van der Waals surface area contributed by atoms with Crippen LogP contribution in [0.4, 0.5) is 5.69 Å². The summed E-state index contributed by atoms with van der Waals surface area (Å²) in [4.78, 5) is 12.8. The molecule has 0 spiro atoms. The van der Waals surface area contributed by atoms with Gasteiger partial charge in [0.05, 0.1) is 24.5 Å². The molecule has 0 bridgehead atoms. The van der Waals surface area contributed by atoms with Crippen molar-refractivity contribution in [2.75, 3.05) is 17.5 Å². The number of β-amino-alcohol motifs (C(OH)–C–C–N with tert-alkyl or cyclic N) is 1. The van der Waals surface area contributed by atoms with Crippen LogP contribution in [0.5, 0.6) is 11.5 Å². The highest BCUT2D eigenvalue weighted by Crippen LogP contribution is 2.28. The summed E-state index contributed by atoms with van der Waals surface area (Å²) in [7, 11) is -3.59. The van der Waals surface area contributed by atoms with E-state index in [4.69, 9.17) is 0 Å². The van der Waals surface area contributed by atoms with Crippen LogP contribution >= 0.6 is 0 Å². The Labute approximate surface area is 258 Å². The van der Waals surface area contributed by atoms with Gasteiger partial charge in [-0.2, -0.15) is 0 Å². The van der Waals surface area contributed by atoms with Gasteiger partial charge >= 0.3 is 0 Å². The third kappa shape index (κ3) is 9.84. The Balaban J connectivity index is 1.30. The van der Waals surface area contributed by atoms with E-state index in [1.165, 1.54) is 12.1 Å². The van der Waals surface area contributed by atoms with Gasteiger partial charge in [-0.15, -0.1) is 0 Å². The highest BCUT2D eigenvalue weighted by Gasteiger charge is 2.21. The number of phenolic OH excluding ortho intramolecular Hbond substituents is 2. The second-order valence-corrected chi connectivity index (χ2v) is 13.4. The van der Waals surface area contributed by atoms with Crippen molar-refractivity contribution in [3.05, 3.63) is 113 Å². The molecule has 0 aliphatic heterocycles. The minimum atomic E-state index is -3.59. The summed E-state index contributed by atoms with van der Waals surface area (Å²) in [6.07, 6.45) is 0.914. The number of benzene rings is 4. The van der Waals surface area contributed by atoms with Gasteiger partial charge in [-0.3, -0.25) is 9.52 Å². The van der Waals surface area contributed by atoms with E-state index >= 15 is 0 Å². The molecule has 0 saturated heterocycles. The van der Waals surface area contributed by atoms with Gasteiger partial charge in [0.2, 0.25) is 15.9 Å². The molecular formula is C34H39N3O6S. The highest BCUT2D eigenvalue weighted by molar-refractivity contribution is 7.92. The largest absolute Gasteiger partial charge is 0.508 e. The van der Waals surface area contributed by atoms with Crippen molar-refractivity contribution >= 4 is 21.6 Å². The number of nitrogens with one attached hydrogen (secondary N) is 3. The van der Waals surface area contributed by atoms with Crippen molar-refractivity contribution in [1.82, 2.24) is 10.6 Å². The van der Waals surface area contributed by atoms with E-state index in [2.05, 4.69) is 15.4 Å². The van der Waals surface area contributed by atoms with Crippen LogP contribution in [-0.2, 0) is 34.2 Å². The maximum atomic E-state index is 12.8. The number of amides is 1. The van der Waals surface area contributed by atoms with Crippen molar-refractivity contribution in [3.8, 4) is 22.6 Å². The van der Waals surface area contributed by atoms with E-state index in [1.54, 1.807) is 24.3 Å². The number of hydrogen-bond donors (Lipinski definition) is 6. The predicted octanol–water partition coefficient (Wildman–Crippen LogP) is 4.64. The zero-order chi connectivity index (χ0) is 31.9. The molecule has 0 fully saturated rings. The quantitative estimate of drug-likeness (QED) is 0.120. The Hall–Kier alpha value is -4.38. The van der Waals surface area contributed by atoms with E-state index in [9.17, 15) is 28.5 Å². The number of aromatic hydroxyl groups is 2. The number of rotatable bonds is 13. The number of aliphatic hydroxyl groups is 1. The lowest BCUT2D eigenvalue weighted by Gasteiger charge is -2.28. The van der Waals surface area contributed by atoms with E-state index in [1.807, 2.05) is 68.4 Å². The van der Waals surface area contributed by atoms with Gasteiger partial charge in [0.25, 0.3) is 0 Å². The lowest BCUT2D eigenvalue weighted by Crippen LogP contribution is -2.43. The molecule has 0 unspecified atom stereocenters. The van der Waals surface area contributed by atoms with E-state index < -0.39 is 21.7 Å². The van der Waals surface area contributed by atoms with Gasteiger partial charge in [0, 0.05) is 18.6 Å². The normalized spacial score (nSPS) is 12.5. The summed E-state index contributed by atoms with van der Waals surface area (Å²) in [6, 6.07) is 27.0. The lowest BCUT2D eigenvalue weighted by molar-refractivity contribution is -0.120. The molecule has 1 amide bonds. The first-order valence-electron chi connectivity index (χ1n) is 14.2. The number of carbonyl (C=O) groups is 1. The Morgan fingerprint density at radius 2 is 1.50 bits per heavy atom. The van der Waals surface area contributed by atoms with Crippen LogP contribution in [-0.4, -0.2) is 48.0 Å². The number of aliphatic hydroxyl groups excluding tert-OH is 1. The number of carbonyl (C=O) groups excluding carboxylic acids is 1. The maximum absolute atomic E-state index is 12.8. The molecule has 44 heavy (non-hydrogen) atoms. The van der Waals surface area contributed by atoms with Crippen LogP contribution in [0, 0.1) is 0 Å². The third-order valence-electron chi connectivity index (χ3n) is 7.07. The van der Waals surface area contributed by atoms with Crippen molar-refractivity contribution in [2.45, 2.75) is 44.9 Å². The Morgan fingerprint density at radius 3 is 2.23 bits per heavy atom. The van der Waals surface area contributed by atoms with Crippen LogP contribution in [0.3, 0.4) is 0 Å². The summed E-state index contributed by atoms with van der Waals surface area (Å²) in [5.41, 5.74) is 4.79. The van der Waals surface area contributed by atoms with Gasteiger partial charge in [0.15, 0.2) is 0 Å². The van der Waals surface area contributed by atoms with Gasteiger partial charge in [-0.25, -0.2) is 8.42 Å². The zero-order valence-electron chi connectivity index (χ0n) is 25.0. The molecule has 0 aliphatic rings. The molecule has 9 nitrogen and oxygen atoms in total. The van der Waals surface area contributed by atoms with E-state index in [0.717, 1.165) is 34.1 Å². The Kier molecular flexibility index (Phi) is 10.3. The first-order chi connectivity index (χ1) is 20.8. The molecule has 1 atom stereocenters.